The van der Waals surface area contributed by atoms with Crippen molar-refractivity contribution in [3.8, 4) is 27.7 Å². The Hall–Kier alpha value is -3.99. The Morgan fingerprint density at radius 1 is 1.03 bits per heavy atom. The molecule has 0 radical (unpaired) electrons. The van der Waals surface area contributed by atoms with E-state index in [0.29, 0.717) is 39.8 Å². The summed E-state index contributed by atoms with van der Waals surface area (Å²) in [5, 5.41) is 12.2. The molecular formula is C27H21F4N5OS. The van der Waals surface area contributed by atoms with Crippen LogP contribution in [0.1, 0.15) is 31.4 Å². The number of anilines is 2. The minimum atomic E-state index is -4.44. The molecule has 0 amide bonds. The van der Waals surface area contributed by atoms with Crippen molar-refractivity contribution in [2.45, 2.75) is 32.0 Å². The number of ether oxygens (including phenoxy) is 1. The van der Waals surface area contributed by atoms with Gasteiger partial charge in [0.05, 0.1) is 28.9 Å². The number of aromatic nitrogens is 4. The maximum atomic E-state index is 13.5. The molecule has 194 valence electrons. The van der Waals surface area contributed by atoms with Crippen LogP contribution < -0.4 is 10.1 Å². The van der Waals surface area contributed by atoms with E-state index >= 15 is 0 Å². The monoisotopic (exact) mass is 539 g/mol. The molecule has 6 rings (SSSR count). The molecule has 1 saturated carbocycles. The number of nitrogens with zero attached hydrogens (tertiary/aromatic N) is 4. The molecule has 5 aromatic rings. The van der Waals surface area contributed by atoms with Gasteiger partial charge in [-0.25, -0.2) is 9.37 Å². The first kappa shape index (κ1) is 24.4. The molecule has 2 heterocycles. The van der Waals surface area contributed by atoms with Crippen LogP contribution in [0.4, 0.5) is 28.4 Å². The highest BCUT2D eigenvalue weighted by Crippen LogP contribution is 2.44. The normalized spacial score (nSPS) is 13.7. The molecule has 0 bridgehead atoms. The van der Waals surface area contributed by atoms with Gasteiger partial charge in [0.25, 0.3) is 0 Å². The highest BCUT2D eigenvalue weighted by molar-refractivity contribution is 7.18. The zero-order valence-corrected chi connectivity index (χ0v) is 20.9. The quantitative estimate of drug-likeness (QED) is 0.213. The molecule has 0 atom stereocenters. The Morgan fingerprint density at radius 2 is 1.82 bits per heavy atom. The zero-order chi connectivity index (χ0) is 26.4. The molecule has 3 aromatic carbocycles. The molecule has 0 spiro atoms. The second-order valence-electron chi connectivity index (χ2n) is 8.93. The summed E-state index contributed by atoms with van der Waals surface area (Å²) in [6.07, 6.45) is -2.38. The number of hydrogen-bond acceptors (Lipinski definition) is 6. The van der Waals surface area contributed by atoms with E-state index in [-0.39, 0.29) is 5.82 Å². The first-order chi connectivity index (χ1) is 18.3. The summed E-state index contributed by atoms with van der Waals surface area (Å²) in [6.45, 7) is 2.31. The fourth-order valence-electron chi connectivity index (χ4n) is 4.33. The van der Waals surface area contributed by atoms with Crippen molar-refractivity contribution < 1.29 is 22.3 Å². The Kier molecular flexibility index (Phi) is 6.02. The summed E-state index contributed by atoms with van der Waals surface area (Å²) in [5.41, 5.74) is 2.64. The lowest BCUT2D eigenvalue weighted by Crippen LogP contribution is -2.04. The second kappa shape index (κ2) is 9.39. The largest absolute Gasteiger partial charge is 0.492 e. The number of rotatable bonds is 7. The molecule has 1 aliphatic carbocycles. The Morgan fingerprint density at radius 3 is 2.53 bits per heavy atom. The SMILES string of the molecule is CCOc1cc2c(cc1Nc1nnc(-c3cccc(C(F)(F)F)c3)s1)nc(-c1ccc(F)cc1)n2C1CC1. The predicted molar refractivity (Wildman–Crippen MR) is 138 cm³/mol. The Balaban J connectivity index is 1.37. The van der Waals surface area contributed by atoms with Gasteiger partial charge in [-0.1, -0.05) is 23.5 Å². The molecule has 2 aromatic heterocycles. The standard InChI is InChI=1S/C27H21F4N5OS/c1-2-37-23-14-22-20(32-24(36(22)19-10-11-19)15-6-8-18(28)9-7-15)13-21(23)33-26-35-34-25(38-26)16-4-3-5-17(12-16)27(29,30)31/h3-9,12-14,19H,2,10-11H2,1H3,(H,33,35). The number of imidazole rings is 1. The minimum absolute atomic E-state index is 0.311. The Labute approximate surface area is 218 Å². The Bertz CT molecular complexity index is 1620. The van der Waals surface area contributed by atoms with Gasteiger partial charge in [-0.3, -0.25) is 0 Å². The van der Waals surface area contributed by atoms with Crippen molar-refractivity contribution in [1.82, 2.24) is 19.7 Å². The third-order valence-corrected chi connectivity index (χ3v) is 7.10. The average molecular weight is 540 g/mol. The van der Waals surface area contributed by atoms with Crippen molar-refractivity contribution >= 4 is 33.2 Å². The smallest absolute Gasteiger partial charge is 0.416 e. The van der Waals surface area contributed by atoms with E-state index in [0.717, 1.165) is 58.7 Å². The van der Waals surface area contributed by atoms with Gasteiger partial charge in [0.1, 0.15) is 22.4 Å². The van der Waals surface area contributed by atoms with E-state index < -0.39 is 11.7 Å². The van der Waals surface area contributed by atoms with Crippen LogP contribution in [0.25, 0.3) is 33.0 Å². The maximum absolute atomic E-state index is 13.5. The van der Waals surface area contributed by atoms with E-state index in [4.69, 9.17) is 9.72 Å². The zero-order valence-electron chi connectivity index (χ0n) is 20.1. The van der Waals surface area contributed by atoms with Gasteiger partial charge in [-0.05, 0) is 62.2 Å². The number of fused-ring (bicyclic) bond motifs is 1. The van der Waals surface area contributed by atoms with Crippen LogP contribution in [0.2, 0.25) is 0 Å². The molecular weight excluding hydrogens is 518 g/mol. The van der Waals surface area contributed by atoms with Gasteiger partial charge < -0.3 is 14.6 Å². The molecule has 0 saturated heterocycles. The fourth-order valence-corrected chi connectivity index (χ4v) is 5.09. The lowest BCUT2D eigenvalue weighted by Gasteiger charge is -2.12. The highest BCUT2D eigenvalue weighted by Gasteiger charge is 2.31. The average Bonchev–Trinajstić information content (AvgIpc) is 3.51. The molecule has 11 heteroatoms. The van der Waals surface area contributed by atoms with Gasteiger partial charge >= 0.3 is 6.18 Å². The maximum Gasteiger partial charge on any atom is 0.416 e. The van der Waals surface area contributed by atoms with E-state index in [1.54, 1.807) is 18.2 Å². The summed E-state index contributed by atoms with van der Waals surface area (Å²) in [4.78, 5) is 4.87. The second-order valence-corrected chi connectivity index (χ2v) is 9.91. The first-order valence-corrected chi connectivity index (χ1v) is 12.8. The number of halogens is 4. The summed E-state index contributed by atoms with van der Waals surface area (Å²) in [7, 11) is 0. The lowest BCUT2D eigenvalue weighted by atomic mass is 10.1. The van der Waals surface area contributed by atoms with Crippen LogP contribution >= 0.6 is 11.3 Å². The van der Waals surface area contributed by atoms with Crippen LogP contribution in [0.5, 0.6) is 5.75 Å². The van der Waals surface area contributed by atoms with Crippen molar-refractivity contribution in [3.63, 3.8) is 0 Å². The molecule has 1 N–H and O–H groups in total. The number of alkyl halides is 3. The van der Waals surface area contributed by atoms with E-state index in [9.17, 15) is 17.6 Å². The van der Waals surface area contributed by atoms with Gasteiger partial charge in [-0.2, -0.15) is 13.2 Å². The van der Waals surface area contributed by atoms with Crippen molar-refractivity contribution in [2.24, 2.45) is 0 Å². The number of nitrogens with one attached hydrogen (secondary N) is 1. The van der Waals surface area contributed by atoms with Gasteiger partial charge in [0.15, 0.2) is 0 Å². The third-order valence-electron chi connectivity index (χ3n) is 6.21. The molecule has 1 aliphatic rings. The summed E-state index contributed by atoms with van der Waals surface area (Å²) >= 11 is 1.14. The summed E-state index contributed by atoms with van der Waals surface area (Å²) < 4.78 is 61.1. The summed E-state index contributed by atoms with van der Waals surface area (Å²) in [5.74, 6) is 1.03. The van der Waals surface area contributed by atoms with Gasteiger partial charge in [0.2, 0.25) is 5.13 Å². The van der Waals surface area contributed by atoms with Crippen LogP contribution in [-0.2, 0) is 6.18 Å². The molecule has 0 unspecified atom stereocenters. The van der Waals surface area contributed by atoms with Crippen molar-refractivity contribution in [1.29, 1.82) is 0 Å². The van der Waals surface area contributed by atoms with E-state index in [1.807, 2.05) is 19.1 Å². The highest BCUT2D eigenvalue weighted by atomic mass is 32.1. The van der Waals surface area contributed by atoms with E-state index in [2.05, 4.69) is 20.1 Å². The predicted octanol–water partition coefficient (Wildman–Crippen LogP) is 7.86. The molecule has 1 fully saturated rings. The van der Waals surface area contributed by atoms with Crippen LogP contribution in [0.3, 0.4) is 0 Å². The fraction of sp³-hybridized carbons (Fsp3) is 0.222. The van der Waals surface area contributed by atoms with Crippen molar-refractivity contribution in [3.05, 3.63) is 72.0 Å². The van der Waals surface area contributed by atoms with Gasteiger partial charge in [-0.15, -0.1) is 10.2 Å². The topological polar surface area (TPSA) is 64.9 Å². The minimum Gasteiger partial charge on any atom is -0.492 e. The lowest BCUT2D eigenvalue weighted by molar-refractivity contribution is -0.137. The van der Waals surface area contributed by atoms with Gasteiger partial charge in [0, 0.05) is 23.2 Å². The number of benzene rings is 3. The van der Waals surface area contributed by atoms with Crippen molar-refractivity contribution in [2.75, 3.05) is 11.9 Å². The third kappa shape index (κ3) is 4.69. The molecule has 38 heavy (non-hydrogen) atoms. The van der Waals surface area contributed by atoms with E-state index in [1.165, 1.54) is 18.2 Å². The summed E-state index contributed by atoms with van der Waals surface area (Å²) in [6, 6.07) is 15.4. The number of hydrogen-bond donors (Lipinski definition) is 1. The molecule has 0 aliphatic heterocycles. The first-order valence-electron chi connectivity index (χ1n) is 12.0. The van der Waals surface area contributed by atoms with Crippen LogP contribution in [-0.4, -0.2) is 26.4 Å². The van der Waals surface area contributed by atoms with Crippen LogP contribution in [0.15, 0.2) is 60.7 Å². The molecule has 6 nitrogen and oxygen atoms in total. The van der Waals surface area contributed by atoms with Crippen LogP contribution in [0, 0.1) is 5.82 Å².